The second-order valence-electron chi connectivity index (χ2n) is 5.28. The van der Waals surface area contributed by atoms with E-state index in [1.54, 1.807) is 0 Å². The SMILES string of the molecule is NCC1CCCCC1NC(=O)c1ccc([N+](=O)[O-])cc1Cl. The topological polar surface area (TPSA) is 98.3 Å². The molecule has 0 saturated heterocycles. The van der Waals surface area contributed by atoms with E-state index in [9.17, 15) is 14.9 Å². The van der Waals surface area contributed by atoms with Gasteiger partial charge in [0.2, 0.25) is 0 Å². The van der Waals surface area contributed by atoms with E-state index in [0.29, 0.717) is 6.54 Å². The van der Waals surface area contributed by atoms with Gasteiger partial charge in [-0.15, -0.1) is 0 Å². The van der Waals surface area contributed by atoms with Crippen LogP contribution in [0.2, 0.25) is 5.02 Å². The number of nitrogens with two attached hydrogens (primary N) is 1. The van der Waals surface area contributed by atoms with Crippen LogP contribution < -0.4 is 11.1 Å². The maximum absolute atomic E-state index is 12.3. The van der Waals surface area contributed by atoms with Gasteiger partial charge in [0.15, 0.2) is 0 Å². The Labute approximate surface area is 127 Å². The lowest BCUT2D eigenvalue weighted by atomic mass is 9.84. The van der Waals surface area contributed by atoms with Crippen LogP contribution in [0.15, 0.2) is 18.2 Å². The van der Waals surface area contributed by atoms with Crippen molar-refractivity contribution >= 4 is 23.2 Å². The minimum Gasteiger partial charge on any atom is -0.349 e. The molecule has 114 valence electrons. The van der Waals surface area contributed by atoms with Crippen LogP contribution in [0.1, 0.15) is 36.0 Å². The fraction of sp³-hybridized carbons (Fsp3) is 0.500. The number of nitro groups is 1. The summed E-state index contributed by atoms with van der Waals surface area (Å²) in [7, 11) is 0. The van der Waals surface area contributed by atoms with Gasteiger partial charge < -0.3 is 11.1 Å². The number of nitrogens with zero attached hydrogens (tertiary/aromatic N) is 1. The molecule has 1 aliphatic rings. The van der Waals surface area contributed by atoms with Crippen molar-refractivity contribution in [2.24, 2.45) is 11.7 Å². The Bertz CT molecular complexity index is 550. The Morgan fingerprint density at radius 2 is 2.14 bits per heavy atom. The highest BCUT2D eigenvalue weighted by Crippen LogP contribution is 2.26. The van der Waals surface area contributed by atoms with Gasteiger partial charge in [-0.1, -0.05) is 24.4 Å². The molecule has 0 aliphatic heterocycles. The number of carbonyl (C=O) groups is 1. The van der Waals surface area contributed by atoms with Gasteiger partial charge in [-0.25, -0.2) is 0 Å². The lowest BCUT2D eigenvalue weighted by Gasteiger charge is -2.31. The fourth-order valence-corrected chi connectivity index (χ4v) is 2.99. The third-order valence-corrected chi connectivity index (χ3v) is 4.25. The molecule has 2 rings (SSSR count). The number of halogens is 1. The van der Waals surface area contributed by atoms with Crippen molar-refractivity contribution in [2.75, 3.05) is 6.54 Å². The Balaban J connectivity index is 2.11. The third-order valence-electron chi connectivity index (χ3n) is 3.94. The minimum absolute atomic E-state index is 0.0440. The van der Waals surface area contributed by atoms with Crippen molar-refractivity contribution in [1.29, 1.82) is 0 Å². The normalized spacial score (nSPS) is 21.8. The third kappa shape index (κ3) is 3.71. The van der Waals surface area contributed by atoms with Crippen molar-refractivity contribution < 1.29 is 9.72 Å². The summed E-state index contributed by atoms with van der Waals surface area (Å²) >= 11 is 5.97. The Morgan fingerprint density at radius 1 is 1.43 bits per heavy atom. The van der Waals surface area contributed by atoms with E-state index in [1.807, 2.05) is 0 Å². The van der Waals surface area contributed by atoms with Crippen molar-refractivity contribution in [1.82, 2.24) is 5.32 Å². The van der Waals surface area contributed by atoms with Crippen molar-refractivity contribution in [3.8, 4) is 0 Å². The van der Waals surface area contributed by atoms with Crippen LogP contribution >= 0.6 is 11.6 Å². The maximum Gasteiger partial charge on any atom is 0.270 e. The van der Waals surface area contributed by atoms with Crippen molar-refractivity contribution in [3.05, 3.63) is 38.9 Å². The van der Waals surface area contributed by atoms with E-state index >= 15 is 0 Å². The lowest BCUT2D eigenvalue weighted by molar-refractivity contribution is -0.384. The summed E-state index contributed by atoms with van der Waals surface area (Å²) in [4.78, 5) is 22.4. The van der Waals surface area contributed by atoms with Crippen LogP contribution in [-0.4, -0.2) is 23.4 Å². The van der Waals surface area contributed by atoms with Gasteiger partial charge in [0.05, 0.1) is 15.5 Å². The van der Waals surface area contributed by atoms with Gasteiger partial charge in [0.1, 0.15) is 0 Å². The van der Waals surface area contributed by atoms with Crippen LogP contribution in [0.25, 0.3) is 0 Å². The highest BCUT2D eigenvalue weighted by molar-refractivity contribution is 6.34. The zero-order valence-corrected chi connectivity index (χ0v) is 12.3. The summed E-state index contributed by atoms with van der Waals surface area (Å²) in [5.74, 6) is -0.0280. The summed E-state index contributed by atoms with van der Waals surface area (Å²) in [6, 6.07) is 3.90. The van der Waals surface area contributed by atoms with Gasteiger partial charge in [-0.3, -0.25) is 14.9 Å². The van der Waals surface area contributed by atoms with E-state index < -0.39 is 4.92 Å². The van der Waals surface area contributed by atoms with Gasteiger partial charge in [-0.05, 0) is 31.4 Å². The van der Waals surface area contributed by atoms with Crippen LogP contribution in [0, 0.1) is 16.0 Å². The molecule has 2 atom stereocenters. The highest BCUT2D eigenvalue weighted by Gasteiger charge is 2.26. The molecule has 1 saturated carbocycles. The monoisotopic (exact) mass is 311 g/mol. The first-order valence-electron chi connectivity index (χ1n) is 6.97. The number of benzene rings is 1. The van der Waals surface area contributed by atoms with Crippen LogP contribution in [0.3, 0.4) is 0 Å². The van der Waals surface area contributed by atoms with Gasteiger partial charge in [-0.2, -0.15) is 0 Å². The predicted octanol–water partition coefficient (Wildman–Crippen LogP) is 2.50. The number of rotatable bonds is 4. The molecular formula is C14H18ClN3O3. The lowest BCUT2D eigenvalue weighted by Crippen LogP contribution is -2.44. The number of carbonyl (C=O) groups excluding carboxylic acids is 1. The summed E-state index contributed by atoms with van der Waals surface area (Å²) in [5, 5.41) is 13.7. The average Bonchev–Trinajstić information content (AvgIpc) is 2.47. The molecule has 3 N–H and O–H groups in total. The molecule has 0 bridgehead atoms. The van der Waals surface area contributed by atoms with E-state index in [2.05, 4.69) is 5.32 Å². The summed E-state index contributed by atoms with van der Waals surface area (Å²) < 4.78 is 0. The molecule has 1 fully saturated rings. The number of non-ortho nitro benzene ring substituents is 1. The average molecular weight is 312 g/mol. The molecule has 1 amide bonds. The van der Waals surface area contributed by atoms with Crippen molar-refractivity contribution in [3.63, 3.8) is 0 Å². The Kier molecular flexibility index (Phi) is 5.14. The maximum atomic E-state index is 12.3. The van der Waals surface area contributed by atoms with Crippen LogP contribution in [-0.2, 0) is 0 Å². The minimum atomic E-state index is -0.543. The highest BCUT2D eigenvalue weighted by atomic mass is 35.5. The number of amides is 1. The molecule has 0 spiro atoms. The molecule has 6 nitrogen and oxygen atoms in total. The number of hydrogen-bond donors (Lipinski definition) is 2. The first-order chi connectivity index (χ1) is 10.0. The van der Waals surface area contributed by atoms with E-state index in [4.69, 9.17) is 17.3 Å². The quantitative estimate of drug-likeness (QED) is 0.659. The molecule has 1 aromatic rings. The molecule has 0 aromatic heterocycles. The van der Waals surface area contributed by atoms with Crippen molar-refractivity contribution in [2.45, 2.75) is 31.7 Å². The molecule has 1 aliphatic carbocycles. The first-order valence-corrected chi connectivity index (χ1v) is 7.35. The molecular weight excluding hydrogens is 294 g/mol. The number of nitro benzene ring substituents is 1. The summed E-state index contributed by atoms with van der Waals surface area (Å²) in [6.07, 6.45) is 4.11. The number of hydrogen-bond acceptors (Lipinski definition) is 4. The number of nitrogens with one attached hydrogen (secondary N) is 1. The van der Waals surface area contributed by atoms with E-state index in [1.165, 1.54) is 18.2 Å². The predicted molar refractivity (Wildman–Crippen MR) is 80.4 cm³/mol. The summed E-state index contributed by atoms with van der Waals surface area (Å²) in [5.41, 5.74) is 5.86. The fourth-order valence-electron chi connectivity index (χ4n) is 2.73. The van der Waals surface area contributed by atoms with Crippen LogP contribution in [0.5, 0.6) is 0 Å². The summed E-state index contributed by atoms with van der Waals surface area (Å²) in [6.45, 7) is 0.541. The Hall–Kier alpha value is -1.66. The molecule has 2 unspecified atom stereocenters. The van der Waals surface area contributed by atoms with Crippen LogP contribution in [0.4, 0.5) is 5.69 Å². The molecule has 21 heavy (non-hydrogen) atoms. The standard InChI is InChI=1S/C14H18ClN3O3/c15-12-7-10(18(20)21)5-6-11(12)14(19)17-13-4-2-1-3-9(13)8-16/h5-7,9,13H,1-4,8,16H2,(H,17,19). The molecule has 0 heterocycles. The zero-order valence-electron chi connectivity index (χ0n) is 11.5. The second-order valence-corrected chi connectivity index (χ2v) is 5.69. The van der Waals surface area contributed by atoms with E-state index in [0.717, 1.165) is 25.7 Å². The smallest absolute Gasteiger partial charge is 0.270 e. The molecule has 7 heteroatoms. The molecule has 1 aromatic carbocycles. The van der Waals surface area contributed by atoms with Gasteiger partial charge >= 0.3 is 0 Å². The van der Waals surface area contributed by atoms with E-state index in [-0.39, 0.29) is 34.1 Å². The zero-order chi connectivity index (χ0) is 15.4. The van der Waals surface area contributed by atoms with Gasteiger partial charge in [0, 0.05) is 18.2 Å². The largest absolute Gasteiger partial charge is 0.349 e. The first kappa shape index (κ1) is 15.7. The van der Waals surface area contributed by atoms with Gasteiger partial charge in [0.25, 0.3) is 11.6 Å². The molecule has 0 radical (unpaired) electrons. The Morgan fingerprint density at radius 3 is 2.76 bits per heavy atom. The second kappa shape index (κ2) is 6.87.